The highest BCUT2D eigenvalue weighted by Crippen LogP contribution is 2.11. The number of carboxylic acid groups (broad SMARTS) is 1. The molecule has 0 radical (unpaired) electrons. The average Bonchev–Trinajstić information content (AvgIpc) is 2.81. The Balaban J connectivity index is 2.29. The third-order valence-corrected chi connectivity index (χ3v) is 2.22. The number of H-pyrrole nitrogens is 1. The molecule has 0 aliphatic carbocycles. The lowest BCUT2D eigenvalue weighted by atomic mass is 10.1. The standard InChI is InChI=1S/C11H9N3O4/c1-6-8(4-7(5-14-6)9(15)16)10(17)18-11-12-2-3-13-11/h2-5H,1H3,(H,12,13)(H,15,16). The van der Waals surface area contributed by atoms with Gasteiger partial charge in [0.1, 0.15) is 0 Å². The molecule has 7 nitrogen and oxygen atoms in total. The first-order chi connectivity index (χ1) is 8.58. The Kier molecular flexibility index (Phi) is 3.05. The van der Waals surface area contributed by atoms with Crippen LogP contribution in [0.3, 0.4) is 0 Å². The molecule has 0 aliphatic rings. The first-order valence-electron chi connectivity index (χ1n) is 4.99. The summed E-state index contributed by atoms with van der Waals surface area (Å²) in [5.41, 5.74) is 0.398. The van der Waals surface area contributed by atoms with E-state index in [1.165, 1.54) is 24.7 Å². The summed E-state index contributed by atoms with van der Waals surface area (Å²) in [6.45, 7) is 1.59. The van der Waals surface area contributed by atoms with Gasteiger partial charge in [0, 0.05) is 18.6 Å². The van der Waals surface area contributed by atoms with Crippen molar-refractivity contribution in [3.05, 3.63) is 41.5 Å². The molecule has 0 aromatic carbocycles. The predicted molar refractivity (Wildman–Crippen MR) is 59.5 cm³/mol. The maximum atomic E-state index is 11.8. The van der Waals surface area contributed by atoms with Crippen LogP contribution in [0.25, 0.3) is 0 Å². The topological polar surface area (TPSA) is 105 Å². The molecule has 0 saturated heterocycles. The number of ether oxygens (including phenoxy) is 1. The summed E-state index contributed by atoms with van der Waals surface area (Å²) in [5.74, 6) is -1.87. The number of aryl methyl sites for hydroxylation is 1. The van der Waals surface area contributed by atoms with E-state index < -0.39 is 11.9 Å². The highest BCUT2D eigenvalue weighted by Gasteiger charge is 2.16. The highest BCUT2D eigenvalue weighted by atomic mass is 16.5. The molecule has 0 atom stereocenters. The van der Waals surface area contributed by atoms with Crippen LogP contribution < -0.4 is 4.74 Å². The van der Waals surface area contributed by atoms with Crippen LogP contribution in [0.15, 0.2) is 24.7 Å². The van der Waals surface area contributed by atoms with Crippen molar-refractivity contribution in [2.24, 2.45) is 0 Å². The van der Waals surface area contributed by atoms with E-state index in [9.17, 15) is 9.59 Å². The number of aromatic amines is 1. The van der Waals surface area contributed by atoms with Crippen LogP contribution in [0.5, 0.6) is 6.01 Å². The molecular formula is C11H9N3O4. The van der Waals surface area contributed by atoms with Crippen LogP contribution in [-0.2, 0) is 0 Å². The maximum Gasteiger partial charge on any atom is 0.347 e. The minimum Gasteiger partial charge on any atom is -0.478 e. The van der Waals surface area contributed by atoms with Gasteiger partial charge in [0.05, 0.1) is 16.8 Å². The summed E-state index contributed by atoms with van der Waals surface area (Å²) in [4.78, 5) is 32.8. The second-order valence-corrected chi connectivity index (χ2v) is 3.45. The Morgan fingerprint density at radius 1 is 1.39 bits per heavy atom. The summed E-state index contributed by atoms with van der Waals surface area (Å²) in [6, 6.07) is 1.26. The van der Waals surface area contributed by atoms with E-state index in [1.54, 1.807) is 6.92 Å². The molecule has 0 fully saturated rings. The van der Waals surface area contributed by atoms with Crippen molar-refractivity contribution in [3.63, 3.8) is 0 Å². The van der Waals surface area contributed by atoms with Gasteiger partial charge in [0.2, 0.25) is 0 Å². The van der Waals surface area contributed by atoms with Gasteiger partial charge in [-0.25, -0.2) is 14.6 Å². The summed E-state index contributed by atoms with van der Waals surface area (Å²) < 4.78 is 4.92. The van der Waals surface area contributed by atoms with Crippen LogP contribution in [0, 0.1) is 6.92 Å². The first-order valence-corrected chi connectivity index (χ1v) is 4.99. The number of rotatable bonds is 3. The first kappa shape index (κ1) is 11.8. The van der Waals surface area contributed by atoms with Gasteiger partial charge in [-0.1, -0.05) is 0 Å². The molecule has 18 heavy (non-hydrogen) atoms. The molecule has 2 aromatic heterocycles. The zero-order chi connectivity index (χ0) is 13.1. The van der Waals surface area contributed by atoms with E-state index >= 15 is 0 Å². The van der Waals surface area contributed by atoms with Gasteiger partial charge in [-0.2, -0.15) is 0 Å². The number of hydrogen-bond donors (Lipinski definition) is 2. The number of hydrogen-bond acceptors (Lipinski definition) is 5. The van der Waals surface area contributed by atoms with Crippen LogP contribution >= 0.6 is 0 Å². The lowest BCUT2D eigenvalue weighted by Gasteiger charge is -2.04. The van der Waals surface area contributed by atoms with Crippen molar-refractivity contribution in [2.75, 3.05) is 0 Å². The Morgan fingerprint density at radius 2 is 2.17 bits per heavy atom. The molecular weight excluding hydrogens is 238 g/mol. The molecule has 2 heterocycles. The number of nitrogens with one attached hydrogen (secondary N) is 1. The normalized spacial score (nSPS) is 10.1. The van der Waals surface area contributed by atoms with Crippen LogP contribution in [-0.4, -0.2) is 32.0 Å². The lowest BCUT2D eigenvalue weighted by Crippen LogP contribution is -2.13. The molecule has 0 spiro atoms. The van der Waals surface area contributed by atoms with Crippen molar-refractivity contribution in [2.45, 2.75) is 6.92 Å². The summed E-state index contributed by atoms with van der Waals surface area (Å²) in [5, 5.41) is 8.83. The van der Waals surface area contributed by atoms with E-state index in [1.807, 2.05) is 0 Å². The molecule has 0 unspecified atom stereocenters. The number of nitrogens with zero attached hydrogens (tertiary/aromatic N) is 2. The summed E-state index contributed by atoms with van der Waals surface area (Å²) in [6.07, 6.45) is 4.12. The minimum absolute atomic E-state index is 0.0418. The smallest absolute Gasteiger partial charge is 0.347 e. The third-order valence-electron chi connectivity index (χ3n) is 2.22. The minimum atomic E-state index is -1.16. The number of carbonyl (C=O) groups excluding carboxylic acids is 1. The van der Waals surface area contributed by atoms with E-state index in [4.69, 9.17) is 9.84 Å². The number of aromatic carboxylic acids is 1. The molecule has 2 rings (SSSR count). The Bertz CT molecular complexity index is 592. The van der Waals surface area contributed by atoms with Gasteiger partial charge >= 0.3 is 17.9 Å². The second kappa shape index (κ2) is 4.66. The fourth-order valence-electron chi connectivity index (χ4n) is 1.31. The van der Waals surface area contributed by atoms with Crippen molar-refractivity contribution >= 4 is 11.9 Å². The monoisotopic (exact) mass is 247 g/mol. The summed E-state index contributed by atoms with van der Waals surface area (Å²) in [7, 11) is 0. The van der Waals surface area contributed by atoms with Gasteiger partial charge < -0.3 is 14.8 Å². The van der Waals surface area contributed by atoms with Crippen molar-refractivity contribution in [3.8, 4) is 6.01 Å². The van der Waals surface area contributed by atoms with Gasteiger partial charge in [-0.3, -0.25) is 4.98 Å². The number of carboxylic acids is 1. The Labute approximate surface area is 101 Å². The Hall–Kier alpha value is -2.70. The summed E-state index contributed by atoms with van der Waals surface area (Å²) >= 11 is 0. The van der Waals surface area contributed by atoms with Gasteiger partial charge in [0.15, 0.2) is 0 Å². The second-order valence-electron chi connectivity index (χ2n) is 3.45. The van der Waals surface area contributed by atoms with Crippen molar-refractivity contribution < 1.29 is 19.4 Å². The van der Waals surface area contributed by atoms with E-state index in [2.05, 4.69) is 15.0 Å². The molecule has 92 valence electrons. The number of esters is 1. The fourth-order valence-corrected chi connectivity index (χ4v) is 1.31. The quantitative estimate of drug-likeness (QED) is 0.785. The van der Waals surface area contributed by atoms with E-state index in [0.717, 1.165) is 0 Å². The van der Waals surface area contributed by atoms with Crippen LogP contribution in [0.2, 0.25) is 0 Å². The molecule has 7 heteroatoms. The zero-order valence-electron chi connectivity index (χ0n) is 9.38. The fraction of sp³-hybridized carbons (Fsp3) is 0.0909. The van der Waals surface area contributed by atoms with Gasteiger partial charge in [-0.15, -0.1) is 0 Å². The number of carbonyl (C=O) groups is 2. The zero-order valence-corrected chi connectivity index (χ0v) is 9.38. The van der Waals surface area contributed by atoms with Crippen LogP contribution in [0.1, 0.15) is 26.4 Å². The lowest BCUT2D eigenvalue weighted by molar-refractivity contribution is 0.0696. The molecule has 0 aliphatic heterocycles. The maximum absolute atomic E-state index is 11.8. The SMILES string of the molecule is Cc1ncc(C(=O)O)cc1C(=O)Oc1ncc[nH]1. The van der Waals surface area contributed by atoms with E-state index in [-0.39, 0.29) is 17.1 Å². The van der Waals surface area contributed by atoms with Gasteiger partial charge in [-0.05, 0) is 13.0 Å². The molecule has 0 amide bonds. The van der Waals surface area contributed by atoms with E-state index in [0.29, 0.717) is 5.69 Å². The number of aromatic nitrogens is 3. The molecule has 2 N–H and O–H groups in total. The number of imidazole rings is 1. The molecule has 0 saturated carbocycles. The molecule has 0 bridgehead atoms. The van der Waals surface area contributed by atoms with Crippen molar-refractivity contribution in [1.29, 1.82) is 0 Å². The predicted octanol–water partition coefficient (Wildman–Crippen LogP) is 1.03. The third kappa shape index (κ3) is 2.34. The van der Waals surface area contributed by atoms with Gasteiger partial charge in [0.25, 0.3) is 0 Å². The average molecular weight is 247 g/mol. The Morgan fingerprint density at radius 3 is 2.78 bits per heavy atom. The van der Waals surface area contributed by atoms with Crippen molar-refractivity contribution in [1.82, 2.24) is 15.0 Å². The largest absolute Gasteiger partial charge is 0.478 e. The van der Waals surface area contributed by atoms with Crippen LogP contribution in [0.4, 0.5) is 0 Å². The highest BCUT2D eigenvalue weighted by molar-refractivity contribution is 5.95. The molecule has 2 aromatic rings. The number of pyridine rings is 1.